The van der Waals surface area contributed by atoms with E-state index in [4.69, 9.17) is 0 Å². The maximum Gasteiger partial charge on any atom is 0.321 e. The van der Waals surface area contributed by atoms with Crippen LogP contribution in [-0.2, 0) is 17.8 Å². The third-order valence-corrected chi connectivity index (χ3v) is 4.14. The molecule has 0 saturated carbocycles. The van der Waals surface area contributed by atoms with Gasteiger partial charge in [-0.2, -0.15) is 5.10 Å². The lowest BCUT2D eigenvalue weighted by Crippen LogP contribution is -2.38. The summed E-state index contributed by atoms with van der Waals surface area (Å²) < 4.78 is 1.82. The van der Waals surface area contributed by atoms with Gasteiger partial charge in [0.2, 0.25) is 0 Å². The molecular weight excluding hydrogens is 314 g/mol. The van der Waals surface area contributed by atoms with Gasteiger partial charge < -0.3 is 5.11 Å². The Labute approximate surface area is 146 Å². The summed E-state index contributed by atoms with van der Waals surface area (Å²) in [4.78, 5) is 11.6. The van der Waals surface area contributed by atoms with Gasteiger partial charge in [-0.05, 0) is 31.0 Å². The van der Waals surface area contributed by atoms with Crippen molar-refractivity contribution in [3.8, 4) is 5.69 Å². The number of aromatic nitrogens is 2. The number of aliphatic carboxylic acids is 1. The number of benzene rings is 2. The zero-order valence-corrected chi connectivity index (χ0v) is 14.1. The van der Waals surface area contributed by atoms with Crippen molar-refractivity contribution in [1.29, 1.82) is 0 Å². The molecule has 0 aliphatic carbocycles. The maximum atomic E-state index is 11.6. The quantitative estimate of drug-likeness (QED) is 0.697. The molecule has 25 heavy (non-hydrogen) atoms. The second kappa shape index (κ2) is 7.77. The number of rotatable bonds is 7. The number of carboxylic acid groups (broad SMARTS) is 1. The van der Waals surface area contributed by atoms with Crippen molar-refractivity contribution in [3.63, 3.8) is 0 Å². The molecule has 0 spiro atoms. The van der Waals surface area contributed by atoms with Gasteiger partial charge in [0.05, 0.1) is 11.4 Å². The molecule has 0 unspecified atom stereocenters. The number of nitrogens with one attached hydrogen (secondary N) is 1. The molecule has 1 aromatic heterocycles. The van der Waals surface area contributed by atoms with Gasteiger partial charge in [-0.15, -0.1) is 0 Å². The highest BCUT2D eigenvalue weighted by Crippen LogP contribution is 2.12. The highest BCUT2D eigenvalue weighted by atomic mass is 16.4. The van der Waals surface area contributed by atoms with Crippen LogP contribution in [0.2, 0.25) is 0 Å². The van der Waals surface area contributed by atoms with Crippen LogP contribution in [0.4, 0.5) is 0 Å². The Morgan fingerprint density at radius 2 is 1.76 bits per heavy atom. The van der Waals surface area contributed by atoms with Crippen molar-refractivity contribution < 1.29 is 9.90 Å². The molecule has 128 valence electrons. The van der Waals surface area contributed by atoms with Gasteiger partial charge >= 0.3 is 5.97 Å². The van der Waals surface area contributed by atoms with E-state index in [1.54, 1.807) is 0 Å². The van der Waals surface area contributed by atoms with Gasteiger partial charge in [-0.25, -0.2) is 4.68 Å². The normalized spacial score (nSPS) is 12.0. The van der Waals surface area contributed by atoms with E-state index in [2.05, 4.69) is 10.4 Å². The number of nitrogens with zero attached hydrogens (tertiary/aromatic N) is 2. The van der Waals surface area contributed by atoms with Crippen molar-refractivity contribution in [1.82, 2.24) is 15.1 Å². The Kier molecular flexibility index (Phi) is 5.26. The smallest absolute Gasteiger partial charge is 0.321 e. The van der Waals surface area contributed by atoms with E-state index in [0.717, 1.165) is 22.5 Å². The molecule has 3 rings (SSSR count). The van der Waals surface area contributed by atoms with E-state index in [0.29, 0.717) is 13.0 Å². The van der Waals surface area contributed by atoms with Crippen LogP contribution in [0.5, 0.6) is 0 Å². The molecule has 1 atom stereocenters. The molecular formula is C20H21N3O2. The number of aryl methyl sites for hydroxylation is 1. The molecule has 1 heterocycles. The number of para-hydroxylation sites is 1. The molecule has 0 aliphatic heterocycles. The molecule has 3 aromatic rings. The first-order chi connectivity index (χ1) is 12.1. The molecule has 0 radical (unpaired) electrons. The van der Waals surface area contributed by atoms with E-state index in [1.165, 1.54) is 0 Å². The monoisotopic (exact) mass is 335 g/mol. The van der Waals surface area contributed by atoms with E-state index < -0.39 is 12.0 Å². The van der Waals surface area contributed by atoms with Crippen LogP contribution < -0.4 is 5.32 Å². The average Bonchev–Trinajstić information content (AvgIpc) is 3.01. The fourth-order valence-electron chi connectivity index (χ4n) is 2.71. The molecule has 0 amide bonds. The topological polar surface area (TPSA) is 67.2 Å². The van der Waals surface area contributed by atoms with Crippen LogP contribution >= 0.6 is 0 Å². The summed E-state index contributed by atoms with van der Waals surface area (Å²) in [6.07, 6.45) is 2.39. The van der Waals surface area contributed by atoms with Crippen molar-refractivity contribution in [2.75, 3.05) is 0 Å². The van der Waals surface area contributed by atoms with Crippen molar-refractivity contribution >= 4 is 5.97 Å². The summed E-state index contributed by atoms with van der Waals surface area (Å²) in [7, 11) is 0. The second-order valence-electron chi connectivity index (χ2n) is 5.98. The van der Waals surface area contributed by atoms with Crippen LogP contribution in [0, 0.1) is 6.92 Å². The Morgan fingerprint density at radius 3 is 2.40 bits per heavy atom. The van der Waals surface area contributed by atoms with Gasteiger partial charge in [0.15, 0.2) is 0 Å². The maximum absolute atomic E-state index is 11.6. The zero-order chi connectivity index (χ0) is 17.6. The minimum Gasteiger partial charge on any atom is -0.480 e. The number of carbonyl (C=O) groups is 1. The second-order valence-corrected chi connectivity index (χ2v) is 5.98. The Morgan fingerprint density at radius 1 is 1.12 bits per heavy atom. The number of hydrogen-bond donors (Lipinski definition) is 2. The summed E-state index contributed by atoms with van der Waals surface area (Å²) in [5, 5.41) is 17.1. The van der Waals surface area contributed by atoms with Crippen LogP contribution in [0.15, 0.2) is 66.9 Å². The fourth-order valence-corrected chi connectivity index (χ4v) is 2.71. The van der Waals surface area contributed by atoms with Gasteiger partial charge in [-0.1, -0.05) is 48.5 Å². The minimum atomic E-state index is -0.850. The summed E-state index contributed by atoms with van der Waals surface area (Å²) in [6, 6.07) is 18.9. The highest BCUT2D eigenvalue weighted by molar-refractivity contribution is 5.73. The van der Waals surface area contributed by atoms with Gasteiger partial charge in [-0.3, -0.25) is 10.1 Å². The minimum absolute atomic E-state index is 0.446. The third kappa shape index (κ3) is 4.33. The van der Waals surface area contributed by atoms with Gasteiger partial charge in [0, 0.05) is 18.3 Å². The fraction of sp³-hybridized carbons (Fsp3) is 0.200. The molecule has 5 heteroatoms. The highest BCUT2D eigenvalue weighted by Gasteiger charge is 2.18. The van der Waals surface area contributed by atoms with Crippen LogP contribution in [0.1, 0.15) is 16.8 Å². The summed E-state index contributed by atoms with van der Waals surface area (Å²) >= 11 is 0. The lowest BCUT2D eigenvalue weighted by atomic mass is 10.1. The molecule has 2 aromatic carbocycles. The Balaban J connectivity index is 1.69. The van der Waals surface area contributed by atoms with Crippen LogP contribution in [-0.4, -0.2) is 26.9 Å². The van der Waals surface area contributed by atoms with E-state index >= 15 is 0 Å². The van der Waals surface area contributed by atoms with Crippen LogP contribution in [0.25, 0.3) is 5.69 Å². The number of carboxylic acids is 1. The summed E-state index contributed by atoms with van der Waals surface area (Å²) in [5.74, 6) is -0.850. The SMILES string of the molecule is Cc1nn(-c2ccccc2)cc1CN[C@H](Cc1ccccc1)C(=O)O. The summed E-state index contributed by atoms with van der Waals surface area (Å²) in [5.41, 5.74) is 3.86. The first-order valence-corrected chi connectivity index (χ1v) is 8.24. The predicted octanol–water partition coefficient (Wildman–Crippen LogP) is 2.97. The standard InChI is InChI=1S/C20H21N3O2/c1-15-17(14-23(22-15)18-10-6-3-7-11-18)13-21-19(20(24)25)12-16-8-4-2-5-9-16/h2-11,14,19,21H,12-13H2,1H3,(H,24,25)/t19-/m1/s1. The Hall–Kier alpha value is -2.92. The molecule has 0 fully saturated rings. The molecule has 0 saturated heterocycles. The lowest BCUT2D eigenvalue weighted by molar-refractivity contribution is -0.139. The summed E-state index contributed by atoms with van der Waals surface area (Å²) in [6.45, 7) is 2.39. The van der Waals surface area contributed by atoms with Crippen molar-refractivity contribution in [2.24, 2.45) is 0 Å². The van der Waals surface area contributed by atoms with Gasteiger partial charge in [0.25, 0.3) is 0 Å². The zero-order valence-electron chi connectivity index (χ0n) is 14.1. The molecule has 0 aliphatic rings. The molecule has 2 N–H and O–H groups in total. The first kappa shape index (κ1) is 16.9. The van der Waals surface area contributed by atoms with Gasteiger partial charge in [0.1, 0.15) is 6.04 Å². The molecule has 0 bridgehead atoms. The van der Waals surface area contributed by atoms with E-state index in [9.17, 15) is 9.90 Å². The predicted molar refractivity (Wildman–Crippen MR) is 96.7 cm³/mol. The van der Waals surface area contributed by atoms with Crippen LogP contribution in [0.3, 0.4) is 0 Å². The third-order valence-electron chi connectivity index (χ3n) is 4.14. The number of hydrogen-bond acceptors (Lipinski definition) is 3. The lowest BCUT2D eigenvalue weighted by Gasteiger charge is -2.14. The largest absolute Gasteiger partial charge is 0.480 e. The average molecular weight is 335 g/mol. The van der Waals surface area contributed by atoms with E-state index in [1.807, 2.05) is 78.5 Å². The first-order valence-electron chi connectivity index (χ1n) is 8.24. The Bertz CT molecular complexity index is 829. The van der Waals surface area contributed by atoms with Crippen molar-refractivity contribution in [2.45, 2.75) is 25.9 Å². The molecule has 5 nitrogen and oxygen atoms in total. The van der Waals surface area contributed by atoms with E-state index in [-0.39, 0.29) is 0 Å². The van der Waals surface area contributed by atoms with Crippen molar-refractivity contribution in [3.05, 3.63) is 83.7 Å².